The first-order valence-corrected chi connectivity index (χ1v) is 12.7. The summed E-state index contributed by atoms with van der Waals surface area (Å²) in [5, 5.41) is 2.19. The molecule has 1 aliphatic carbocycles. The van der Waals surface area contributed by atoms with Crippen LogP contribution in [0, 0.1) is 5.82 Å². The number of H-pyrrole nitrogens is 1. The number of carbonyl (C=O) groups is 2. The Morgan fingerprint density at radius 2 is 1.95 bits per heavy atom. The average Bonchev–Trinajstić information content (AvgIpc) is 3.39. The Labute approximate surface area is 214 Å². The van der Waals surface area contributed by atoms with Gasteiger partial charge in [0.2, 0.25) is 5.91 Å². The number of aromatic amines is 1. The van der Waals surface area contributed by atoms with Crippen LogP contribution < -0.4 is 10.3 Å². The SMILES string of the molecule is CCOc1ccc2c(c1)CCN(C(=O)Cc1cc(=O)[nH]o1)[C@H]2C(=O)Cc1cc(F)c2c(c1)CCC2(C)C. The fourth-order valence-electron chi connectivity index (χ4n) is 5.79. The van der Waals surface area contributed by atoms with Crippen LogP contribution in [-0.2, 0) is 40.7 Å². The molecule has 0 unspecified atom stereocenters. The van der Waals surface area contributed by atoms with Gasteiger partial charge in [-0.15, -0.1) is 0 Å². The highest BCUT2D eigenvalue weighted by Gasteiger charge is 2.37. The average molecular weight is 507 g/mol. The molecule has 5 rings (SSSR count). The summed E-state index contributed by atoms with van der Waals surface area (Å²) in [5.74, 6) is 0.142. The summed E-state index contributed by atoms with van der Waals surface area (Å²) in [4.78, 5) is 40.1. The number of benzene rings is 2. The Hall–Kier alpha value is -3.68. The summed E-state index contributed by atoms with van der Waals surface area (Å²) in [7, 11) is 0. The lowest BCUT2D eigenvalue weighted by molar-refractivity contribution is -0.140. The summed E-state index contributed by atoms with van der Waals surface area (Å²) >= 11 is 0. The Kier molecular flexibility index (Phi) is 6.52. The minimum atomic E-state index is -0.828. The van der Waals surface area contributed by atoms with Crippen LogP contribution in [0.25, 0.3) is 0 Å². The quantitative estimate of drug-likeness (QED) is 0.518. The van der Waals surface area contributed by atoms with Gasteiger partial charge in [0.05, 0.1) is 13.0 Å². The molecule has 2 aliphatic rings. The Balaban J connectivity index is 1.47. The molecule has 0 spiro atoms. The lowest BCUT2D eigenvalue weighted by atomic mass is 9.84. The Morgan fingerprint density at radius 1 is 1.14 bits per heavy atom. The van der Waals surface area contributed by atoms with Crippen molar-refractivity contribution < 1.29 is 23.2 Å². The van der Waals surface area contributed by atoms with Crippen molar-refractivity contribution in [1.82, 2.24) is 10.1 Å². The first-order valence-electron chi connectivity index (χ1n) is 12.7. The predicted molar refractivity (Wildman–Crippen MR) is 135 cm³/mol. The number of nitrogens with one attached hydrogen (secondary N) is 1. The zero-order chi connectivity index (χ0) is 26.3. The summed E-state index contributed by atoms with van der Waals surface area (Å²) in [6.45, 7) is 6.84. The van der Waals surface area contributed by atoms with Gasteiger partial charge in [-0.1, -0.05) is 26.0 Å². The van der Waals surface area contributed by atoms with Gasteiger partial charge < -0.3 is 14.2 Å². The standard InChI is InChI=1S/C29H31FN2O5/c1-4-36-20-5-6-22-18(14-20)8-10-32(26(35)16-21-15-25(34)31-37-21)28(22)24(33)13-17-11-19-7-9-29(2,3)27(19)23(30)12-17/h5-6,11-12,14-15,28H,4,7-10,13,16H2,1-3H3,(H,31,34)/t28-/m1/s1. The molecule has 1 N–H and O–H groups in total. The zero-order valence-corrected chi connectivity index (χ0v) is 21.4. The monoisotopic (exact) mass is 506 g/mol. The lowest BCUT2D eigenvalue weighted by Gasteiger charge is -2.36. The summed E-state index contributed by atoms with van der Waals surface area (Å²) < 4.78 is 25.8. The normalized spacial score (nSPS) is 17.8. The second kappa shape index (κ2) is 9.65. The Bertz CT molecular complexity index is 1420. The van der Waals surface area contributed by atoms with Gasteiger partial charge in [0, 0.05) is 19.0 Å². The summed E-state index contributed by atoms with van der Waals surface area (Å²) in [6, 6.07) is 9.37. The molecule has 7 nitrogen and oxygen atoms in total. The number of aryl methyl sites for hydroxylation is 1. The molecule has 1 atom stereocenters. The van der Waals surface area contributed by atoms with Crippen LogP contribution >= 0.6 is 0 Å². The van der Waals surface area contributed by atoms with E-state index in [0.717, 1.165) is 35.1 Å². The number of halogens is 1. The molecule has 0 fully saturated rings. The van der Waals surface area contributed by atoms with E-state index in [-0.39, 0.29) is 41.5 Å². The molecular weight excluding hydrogens is 475 g/mol. The van der Waals surface area contributed by atoms with E-state index >= 15 is 4.39 Å². The number of ketones is 1. The van der Waals surface area contributed by atoms with Crippen LogP contribution in [0.15, 0.2) is 45.7 Å². The zero-order valence-electron chi connectivity index (χ0n) is 21.4. The largest absolute Gasteiger partial charge is 0.494 e. The number of ether oxygens (including phenoxy) is 1. The molecule has 0 saturated carbocycles. The van der Waals surface area contributed by atoms with Gasteiger partial charge in [0.15, 0.2) is 5.78 Å². The van der Waals surface area contributed by atoms with Gasteiger partial charge in [-0.25, -0.2) is 4.39 Å². The van der Waals surface area contributed by atoms with Gasteiger partial charge >= 0.3 is 0 Å². The van der Waals surface area contributed by atoms with E-state index in [4.69, 9.17) is 9.26 Å². The van der Waals surface area contributed by atoms with Crippen LogP contribution in [0.2, 0.25) is 0 Å². The second-order valence-electron chi connectivity index (χ2n) is 10.5. The molecule has 1 aromatic heterocycles. The topological polar surface area (TPSA) is 92.6 Å². The van der Waals surface area contributed by atoms with E-state index < -0.39 is 11.6 Å². The lowest BCUT2D eigenvalue weighted by Crippen LogP contribution is -2.44. The van der Waals surface area contributed by atoms with Crippen molar-refractivity contribution in [1.29, 1.82) is 0 Å². The van der Waals surface area contributed by atoms with E-state index in [1.165, 1.54) is 12.1 Å². The minimum Gasteiger partial charge on any atom is -0.494 e. The third kappa shape index (κ3) is 4.84. The number of fused-ring (bicyclic) bond motifs is 2. The van der Waals surface area contributed by atoms with Crippen molar-refractivity contribution in [2.75, 3.05) is 13.2 Å². The molecule has 2 aromatic carbocycles. The third-order valence-corrected chi connectivity index (χ3v) is 7.49. The third-order valence-electron chi connectivity index (χ3n) is 7.49. The summed E-state index contributed by atoms with van der Waals surface area (Å²) in [6.07, 6.45) is 2.07. The van der Waals surface area contributed by atoms with Crippen molar-refractivity contribution in [3.63, 3.8) is 0 Å². The second-order valence-corrected chi connectivity index (χ2v) is 10.5. The van der Waals surface area contributed by atoms with Gasteiger partial charge in [-0.2, -0.15) is 5.16 Å². The number of hydrogen-bond acceptors (Lipinski definition) is 5. The number of rotatable bonds is 7. The van der Waals surface area contributed by atoms with E-state index in [2.05, 4.69) is 5.16 Å². The first-order chi connectivity index (χ1) is 17.7. The number of nitrogens with zero attached hydrogens (tertiary/aromatic N) is 1. The van der Waals surface area contributed by atoms with Crippen molar-refractivity contribution in [3.8, 4) is 5.75 Å². The van der Waals surface area contributed by atoms with Crippen LogP contribution in [0.1, 0.15) is 66.8 Å². The highest BCUT2D eigenvalue weighted by atomic mass is 19.1. The van der Waals surface area contributed by atoms with E-state index in [1.54, 1.807) is 11.0 Å². The maximum atomic E-state index is 15.1. The molecule has 0 radical (unpaired) electrons. The summed E-state index contributed by atoms with van der Waals surface area (Å²) in [5.41, 5.74) is 3.34. The minimum absolute atomic E-state index is 0.00493. The predicted octanol–water partition coefficient (Wildman–Crippen LogP) is 4.21. The van der Waals surface area contributed by atoms with Gasteiger partial charge in [-0.3, -0.25) is 14.4 Å². The Morgan fingerprint density at radius 3 is 2.68 bits per heavy atom. The molecule has 0 saturated heterocycles. The van der Waals surface area contributed by atoms with Gasteiger partial charge in [0.25, 0.3) is 5.56 Å². The molecule has 0 bridgehead atoms. The number of carbonyl (C=O) groups excluding carboxylic acids is 2. The number of aromatic nitrogens is 1. The van der Waals surface area contributed by atoms with Gasteiger partial charge in [-0.05, 0) is 77.6 Å². The van der Waals surface area contributed by atoms with E-state index in [9.17, 15) is 14.4 Å². The van der Waals surface area contributed by atoms with Crippen LogP contribution in [-0.4, -0.2) is 34.9 Å². The van der Waals surface area contributed by atoms with Crippen LogP contribution in [0.4, 0.5) is 4.39 Å². The van der Waals surface area contributed by atoms with Crippen molar-refractivity contribution in [2.24, 2.45) is 0 Å². The number of amides is 1. The molecule has 37 heavy (non-hydrogen) atoms. The highest BCUT2D eigenvalue weighted by Crippen LogP contribution is 2.41. The highest BCUT2D eigenvalue weighted by molar-refractivity contribution is 5.92. The van der Waals surface area contributed by atoms with Crippen molar-refractivity contribution in [3.05, 3.63) is 86.1 Å². The number of hydrogen-bond donors (Lipinski definition) is 1. The van der Waals surface area contributed by atoms with E-state index in [0.29, 0.717) is 30.9 Å². The maximum absolute atomic E-state index is 15.1. The van der Waals surface area contributed by atoms with E-state index in [1.807, 2.05) is 39.0 Å². The van der Waals surface area contributed by atoms with Gasteiger partial charge in [0.1, 0.15) is 23.4 Å². The molecule has 194 valence electrons. The van der Waals surface area contributed by atoms with Crippen molar-refractivity contribution >= 4 is 11.7 Å². The molecule has 1 amide bonds. The first kappa shape index (κ1) is 25.0. The van der Waals surface area contributed by atoms with Crippen molar-refractivity contribution in [2.45, 2.75) is 64.3 Å². The molecule has 2 heterocycles. The molecular formula is C29H31FN2O5. The molecule has 8 heteroatoms. The van der Waals surface area contributed by atoms with Crippen LogP contribution in [0.5, 0.6) is 5.75 Å². The maximum Gasteiger partial charge on any atom is 0.280 e. The molecule has 1 aliphatic heterocycles. The van der Waals surface area contributed by atoms with Crippen LogP contribution in [0.3, 0.4) is 0 Å². The number of Topliss-reactive ketones (excluding diaryl/α,β-unsaturated/α-hetero) is 1. The fraction of sp³-hybridized carbons (Fsp3) is 0.414. The fourth-order valence-corrected chi connectivity index (χ4v) is 5.79. The smallest absolute Gasteiger partial charge is 0.280 e. The molecule has 3 aromatic rings.